The van der Waals surface area contributed by atoms with Crippen LogP contribution in [0.25, 0.3) is 0 Å². The molecule has 1 aromatic rings. The SMILES string of the molecule is CCC(C)CCC(CNC(C)C)c1ccccc1. The molecule has 0 radical (unpaired) electrons. The van der Waals surface area contributed by atoms with E-state index >= 15 is 0 Å². The van der Waals surface area contributed by atoms with Gasteiger partial charge in [0.1, 0.15) is 0 Å². The highest BCUT2D eigenvalue weighted by atomic mass is 14.9. The lowest BCUT2D eigenvalue weighted by atomic mass is 9.90. The van der Waals surface area contributed by atoms with E-state index in [2.05, 4.69) is 63.3 Å². The number of benzene rings is 1. The molecule has 0 spiro atoms. The predicted molar refractivity (Wildman–Crippen MR) is 81.0 cm³/mol. The van der Waals surface area contributed by atoms with Gasteiger partial charge in [0.15, 0.2) is 0 Å². The summed E-state index contributed by atoms with van der Waals surface area (Å²) in [4.78, 5) is 0. The van der Waals surface area contributed by atoms with Crippen molar-refractivity contribution in [2.45, 2.75) is 58.9 Å². The van der Waals surface area contributed by atoms with Crippen molar-refractivity contribution >= 4 is 0 Å². The van der Waals surface area contributed by atoms with Crippen molar-refractivity contribution in [3.63, 3.8) is 0 Å². The van der Waals surface area contributed by atoms with Gasteiger partial charge in [-0.1, -0.05) is 70.9 Å². The van der Waals surface area contributed by atoms with Crippen LogP contribution in [0.4, 0.5) is 0 Å². The molecule has 1 aromatic carbocycles. The highest BCUT2D eigenvalue weighted by molar-refractivity contribution is 5.19. The quantitative estimate of drug-likeness (QED) is 0.708. The molecule has 2 atom stereocenters. The number of rotatable bonds is 8. The molecule has 0 amide bonds. The van der Waals surface area contributed by atoms with Crippen molar-refractivity contribution in [1.29, 1.82) is 0 Å². The molecule has 0 aliphatic carbocycles. The monoisotopic (exact) mass is 247 g/mol. The van der Waals surface area contributed by atoms with Crippen LogP contribution in [-0.4, -0.2) is 12.6 Å². The Hall–Kier alpha value is -0.820. The zero-order chi connectivity index (χ0) is 13.4. The Morgan fingerprint density at radius 1 is 1.00 bits per heavy atom. The van der Waals surface area contributed by atoms with E-state index in [1.807, 2.05) is 0 Å². The van der Waals surface area contributed by atoms with Gasteiger partial charge in [0.05, 0.1) is 0 Å². The summed E-state index contributed by atoms with van der Waals surface area (Å²) in [5, 5.41) is 3.59. The fourth-order valence-corrected chi connectivity index (χ4v) is 2.18. The van der Waals surface area contributed by atoms with Crippen molar-refractivity contribution < 1.29 is 0 Å². The number of nitrogens with one attached hydrogen (secondary N) is 1. The molecule has 1 nitrogen and oxygen atoms in total. The van der Waals surface area contributed by atoms with E-state index in [9.17, 15) is 0 Å². The Morgan fingerprint density at radius 2 is 1.67 bits per heavy atom. The van der Waals surface area contributed by atoms with Crippen molar-refractivity contribution in [3.8, 4) is 0 Å². The third-order valence-corrected chi connectivity index (χ3v) is 3.75. The summed E-state index contributed by atoms with van der Waals surface area (Å²) < 4.78 is 0. The van der Waals surface area contributed by atoms with E-state index < -0.39 is 0 Å². The standard InChI is InChI=1S/C17H29N/c1-5-15(4)11-12-17(13-18-14(2)3)16-9-7-6-8-10-16/h6-10,14-15,17-18H,5,11-13H2,1-4H3. The average molecular weight is 247 g/mol. The highest BCUT2D eigenvalue weighted by Gasteiger charge is 2.13. The summed E-state index contributed by atoms with van der Waals surface area (Å²) in [6.45, 7) is 10.2. The van der Waals surface area contributed by atoms with E-state index in [-0.39, 0.29) is 0 Å². The molecule has 18 heavy (non-hydrogen) atoms. The van der Waals surface area contributed by atoms with Crippen molar-refractivity contribution in [2.24, 2.45) is 5.92 Å². The van der Waals surface area contributed by atoms with Crippen LogP contribution >= 0.6 is 0 Å². The molecule has 1 N–H and O–H groups in total. The third-order valence-electron chi connectivity index (χ3n) is 3.75. The molecule has 2 unspecified atom stereocenters. The van der Waals surface area contributed by atoms with Crippen LogP contribution in [0.5, 0.6) is 0 Å². The fraction of sp³-hybridized carbons (Fsp3) is 0.647. The van der Waals surface area contributed by atoms with Crippen LogP contribution in [0.15, 0.2) is 30.3 Å². The molecule has 102 valence electrons. The number of hydrogen-bond acceptors (Lipinski definition) is 1. The summed E-state index contributed by atoms with van der Waals surface area (Å²) in [7, 11) is 0. The second-order valence-corrected chi connectivity index (χ2v) is 5.76. The molecule has 1 rings (SSSR count). The molecular weight excluding hydrogens is 218 g/mol. The van der Waals surface area contributed by atoms with Crippen LogP contribution in [0.3, 0.4) is 0 Å². The van der Waals surface area contributed by atoms with Gasteiger partial charge in [-0.3, -0.25) is 0 Å². The van der Waals surface area contributed by atoms with Crippen molar-refractivity contribution in [1.82, 2.24) is 5.32 Å². The van der Waals surface area contributed by atoms with Crippen LogP contribution in [0, 0.1) is 5.92 Å². The Morgan fingerprint density at radius 3 is 2.22 bits per heavy atom. The summed E-state index contributed by atoms with van der Waals surface area (Å²) in [5.41, 5.74) is 1.48. The van der Waals surface area contributed by atoms with E-state index in [1.54, 1.807) is 0 Å². The van der Waals surface area contributed by atoms with Gasteiger partial charge < -0.3 is 5.32 Å². The Bertz CT molecular complexity index is 305. The molecule has 0 saturated heterocycles. The minimum absolute atomic E-state index is 0.569. The maximum Gasteiger partial charge on any atom is 0.00225 e. The van der Waals surface area contributed by atoms with Crippen molar-refractivity contribution in [3.05, 3.63) is 35.9 Å². The number of hydrogen-bond donors (Lipinski definition) is 1. The molecule has 0 aliphatic heterocycles. The Kier molecular flexibility index (Phi) is 7.04. The minimum Gasteiger partial charge on any atom is -0.314 e. The fourth-order valence-electron chi connectivity index (χ4n) is 2.18. The van der Waals surface area contributed by atoms with Crippen LogP contribution in [0.1, 0.15) is 58.4 Å². The first-order valence-corrected chi connectivity index (χ1v) is 7.41. The molecule has 0 fully saturated rings. The first-order valence-electron chi connectivity index (χ1n) is 7.41. The lowest BCUT2D eigenvalue weighted by Gasteiger charge is -2.21. The van der Waals surface area contributed by atoms with Gasteiger partial charge in [-0.05, 0) is 23.8 Å². The first-order chi connectivity index (χ1) is 8.63. The largest absolute Gasteiger partial charge is 0.314 e. The Labute approximate surface area is 113 Å². The third kappa shape index (κ3) is 5.68. The van der Waals surface area contributed by atoms with E-state index in [0.717, 1.165) is 12.5 Å². The zero-order valence-corrected chi connectivity index (χ0v) is 12.4. The first kappa shape index (κ1) is 15.2. The zero-order valence-electron chi connectivity index (χ0n) is 12.4. The lowest BCUT2D eigenvalue weighted by Crippen LogP contribution is -2.28. The van der Waals surface area contributed by atoms with E-state index in [0.29, 0.717) is 12.0 Å². The molecule has 0 heterocycles. The predicted octanol–water partition coefficient (Wildman–Crippen LogP) is 4.59. The smallest absolute Gasteiger partial charge is 0.00225 e. The molecule has 0 bridgehead atoms. The van der Waals surface area contributed by atoms with E-state index in [4.69, 9.17) is 0 Å². The van der Waals surface area contributed by atoms with Gasteiger partial charge in [-0.15, -0.1) is 0 Å². The second-order valence-electron chi connectivity index (χ2n) is 5.76. The van der Waals surface area contributed by atoms with Gasteiger partial charge in [-0.2, -0.15) is 0 Å². The van der Waals surface area contributed by atoms with Crippen LogP contribution in [0.2, 0.25) is 0 Å². The minimum atomic E-state index is 0.569. The van der Waals surface area contributed by atoms with Crippen LogP contribution < -0.4 is 5.32 Å². The average Bonchev–Trinajstić information content (AvgIpc) is 2.39. The topological polar surface area (TPSA) is 12.0 Å². The summed E-state index contributed by atoms with van der Waals surface area (Å²) in [6.07, 6.45) is 3.91. The second kappa shape index (κ2) is 8.31. The molecule has 0 aliphatic rings. The van der Waals surface area contributed by atoms with Gasteiger partial charge in [-0.25, -0.2) is 0 Å². The maximum atomic E-state index is 3.59. The van der Waals surface area contributed by atoms with Gasteiger partial charge in [0, 0.05) is 12.6 Å². The van der Waals surface area contributed by atoms with E-state index in [1.165, 1.54) is 24.8 Å². The van der Waals surface area contributed by atoms with Gasteiger partial charge in [0.2, 0.25) is 0 Å². The lowest BCUT2D eigenvalue weighted by molar-refractivity contribution is 0.435. The summed E-state index contributed by atoms with van der Waals surface area (Å²) in [5.74, 6) is 1.50. The summed E-state index contributed by atoms with van der Waals surface area (Å²) in [6, 6.07) is 11.5. The normalized spacial score (nSPS) is 14.7. The van der Waals surface area contributed by atoms with Crippen molar-refractivity contribution in [2.75, 3.05) is 6.54 Å². The molecule has 0 saturated carbocycles. The Balaban J connectivity index is 2.57. The summed E-state index contributed by atoms with van der Waals surface area (Å²) >= 11 is 0. The molecule has 1 heteroatoms. The highest BCUT2D eigenvalue weighted by Crippen LogP contribution is 2.23. The van der Waals surface area contributed by atoms with Gasteiger partial charge in [0.25, 0.3) is 0 Å². The van der Waals surface area contributed by atoms with Crippen LogP contribution in [-0.2, 0) is 0 Å². The molecular formula is C17H29N. The van der Waals surface area contributed by atoms with Gasteiger partial charge >= 0.3 is 0 Å². The molecule has 0 aromatic heterocycles. The maximum absolute atomic E-state index is 3.59.